The van der Waals surface area contributed by atoms with E-state index >= 15 is 0 Å². The molecule has 644 valence electrons. The number of unbranched alkanes of at least 4 members (excludes halogenated alkanes) is 30. The van der Waals surface area contributed by atoms with Crippen molar-refractivity contribution in [3.8, 4) is 78.3 Å². The van der Waals surface area contributed by atoms with E-state index in [4.69, 9.17) is 18.2 Å². The molecule has 0 N–H and O–H groups in total. The largest absolute Gasteiger partial charge is 0.489 e. The Labute approximate surface area is 745 Å². The van der Waals surface area contributed by atoms with Crippen LogP contribution >= 0.6 is 11.7 Å². The fourth-order valence-corrected chi connectivity index (χ4v) is 21.1. The van der Waals surface area contributed by atoms with Crippen molar-refractivity contribution in [2.24, 2.45) is 0 Å². The molecule has 12 aromatic rings. The summed E-state index contributed by atoms with van der Waals surface area (Å²) in [5.74, 6) is 1.67. The number of fused-ring (bicyclic) bond motifs is 7. The molecular formula is C116H142N4O2S. The maximum absolute atomic E-state index is 7.77. The van der Waals surface area contributed by atoms with Crippen molar-refractivity contribution in [2.75, 3.05) is 23.0 Å². The van der Waals surface area contributed by atoms with Crippen LogP contribution in [-0.4, -0.2) is 22.0 Å². The predicted octanol–water partition coefficient (Wildman–Crippen LogP) is 36.3. The van der Waals surface area contributed by atoms with Crippen molar-refractivity contribution >= 4 is 56.9 Å². The van der Waals surface area contributed by atoms with Crippen molar-refractivity contribution in [1.82, 2.24) is 8.75 Å². The third-order valence-electron chi connectivity index (χ3n) is 27.2. The third kappa shape index (κ3) is 21.9. The fourth-order valence-electron chi connectivity index (χ4n) is 20.5. The van der Waals surface area contributed by atoms with Crippen LogP contribution in [0.1, 0.15) is 321 Å². The van der Waals surface area contributed by atoms with Gasteiger partial charge in [-0.2, -0.15) is 8.75 Å². The summed E-state index contributed by atoms with van der Waals surface area (Å²) in [7, 11) is 0. The summed E-state index contributed by atoms with van der Waals surface area (Å²) < 4.78 is 26.7. The van der Waals surface area contributed by atoms with Crippen LogP contribution in [0.15, 0.2) is 243 Å². The molecule has 11 aromatic carbocycles. The van der Waals surface area contributed by atoms with Gasteiger partial charge in [0, 0.05) is 45.0 Å². The van der Waals surface area contributed by atoms with E-state index in [0.29, 0.717) is 13.2 Å². The molecule has 7 heteroatoms. The molecule has 0 radical (unpaired) electrons. The average molecular weight is 1660 g/mol. The summed E-state index contributed by atoms with van der Waals surface area (Å²) in [6, 6.07) is 92.3. The minimum atomic E-state index is -0.225. The van der Waals surface area contributed by atoms with E-state index in [2.05, 4.69) is 294 Å². The van der Waals surface area contributed by atoms with Crippen molar-refractivity contribution in [3.05, 3.63) is 265 Å². The molecule has 1 heterocycles. The molecule has 0 atom stereocenters. The van der Waals surface area contributed by atoms with E-state index in [0.717, 1.165) is 130 Å². The molecule has 2 aliphatic carbocycles. The van der Waals surface area contributed by atoms with Crippen LogP contribution in [0.3, 0.4) is 0 Å². The summed E-state index contributed by atoms with van der Waals surface area (Å²) in [6.45, 7) is 15.2. The second-order valence-electron chi connectivity index (χ2n) is 36.0. The standard InChI is InChI=1S/C116H142N4O2S/c1-7-13-19-25-31-49-79-115(80-50-32-26-20-14-8-2)105-85-91(89-63-71-99(72-64-89)119(95-55-41-37-42-56-95)96-57-43-38-44-58-96)67-75-101(105)103-77-69-93(87-107(103)115)109-111-112(118-123-117-111)110(114(122-84-54-36-30-24-18-12-6)113(109)121-83-53-35-29-23-17-11-5)94-70-78-104-102-76-68-92(90-65-73-100(74-66-90)120(97-59-45-39-46-60-97)98-61-47-40-48-62-98)86-106(102)116(108(104)88-94,81-51-33-27-21-15-9-3)82-52-34-28-22-16-10-4/h37-48,55-78,85-88H,7-36,49-54,79-84H2,1-6H3. The van der Waals surface area contributed by atoms with Crippen molar-refractivity contribution in [1.29, 1.82) is 0 Å². The highest BCUT2D eigenvalue weighted by atomic mass is 32.1. The zero-order valence-corrected chi connectivity index (χ0v) is 76.6. The van der Waals surface area contributed by atoms with Crippen LogP contribution in [0.4, 0.5) is 34.1 Å². The van der Waals surface area contributed by atoms with Gasteiger partial charge in [-0.3, -0.25) is 0 Å². The van der Waals surface area contributed by atoms with Crippen LogP contribution in [0.2, 0.25) is 0 Å². The van der Waals surface area contributed by atoms with Crippen LogP contribution in [0, 0.1) is 0 Å². The molecule has 2 aliphatic rings. The summed E-state index contributed by atoms with van der Waals surface area (Å²) in [6.07, 6.45) is 48.6. The van der Waals surface area contributed by atoms with Crippen LogP contribution < -0.4 is 19.3 Å². The normalized spacial score (nSPS) is 12.8. The van der Waals surface area contributed by atoms with Gasteiger partial charge in [-0.15, -0.1) is 0 Å². The average Bonchev–Trinajstić information content (AvgIpc) is 1.61. The number of hydrogen-bond acceptors (Lipinski definition) is 7. The van der Waals surface area contributed by atoms with Gasteiger partial charge in [0.25, 0.3) is 0 Å². The Morgan fingerprint density at radius 3 is 0.740 bits per heavy atom. The number of anilines is 6. The quantitative estimate of drug-likeness (QED) is 0.0354. The predicted molar refractivity (Wildman–Crippen MR) is 531 cm³/mol. The maximum Gasteiger partial charge on any atom is 0.172 e. The number of para-hydroxylation sites is 4. The van der Waals surface area contributed by atoms with Crippen LogP contribution in [-0.2, 0) is 10.8 Å². The van der Waals surface area contributed by atoms with Gasteiger partial charge in [0.05, 0.1) is 36.1 Å². The van der Waals surface area contributed by atoms with Gasteiger partial charge >= 0.3 is 0 Å². The molecule has 0 fully saturated rings. The first-order chi connectivity index (χ1) is 60.8. The van der Waals surface area contributed by atoms with Gasteiger partial charge in [-0.05, 0) is 213 Å². The van der Waals surface area contributed by atoms with Crippen LogP contribution in [0.25, 0.3) is 77.8 Å². The molecular weight excluding hydrogens is 1510 g/mol. The summed E-state index contributed by atoms with van der Waals surface area (Å²) in [5, 5.41) is 0. The number of rotatable bonds is 54. The third-order valence-corrected chi connectivity index (χ3v) is 27.7. The van der Waals surface area contributed by atoms with E-state index < -0.39 is 0 Å². The van der Waals surface area contributed by atoms with E-state index in [1.165, 1.54) is 284 Å². The SMILES string of the molecule is CCCCCCCCOc1c(OCCCCCCCC)c(-c2ccc3c(c2)C(CCCCCCCC)(CCCCCCCC)c2cc(-c4ccc(N(c5ccccc5)c5ccccc5)cc4)ccc2-3)c2nsnc2c1-c1ccc2c(c1)C(CCCCCCCC)(CCCCCCCC)c1cc(-c3ccc(N(c4ccccc4)c4ccccc4)cc3)ccc1-2. The highest BCUT2D eigenvalue weighted by Gasteiger charge is 2.45. The summed E-state index contributed by atoms with van der Waals surface area (Å²) in [4.78, 5) is 4.75. The van der Waals surface area contributed by atoms with Crippen LogP contribution in [0.5, 0.6) is 11.5 Å². The van der Waals surface area contributed by atoms with Crippen molar-refractivity contribution in [2.45, 2.75) is 309 Å². The zero-order chi connectivity index (χ0) is 84.7. The summed E-state index contributed by atoms with van der Waals surface area (Å²) >= 11 is 1.36. The first-order valence-corrected chi connectivity index (χ1v) is 49.8. The Hall–Kier alpha value is -9.56. The van der Waals surface area contributed by atoms with Gasteiger partial charge in [0.2, 0.25) is 0 Å². The topological polar surface area (TPSA) is 50.7 Å². The zero-order valence-electron chi connectivity index (χ0n) is 75.8. The number of benzene rings is 11. The second-order valence-corrected chi connectivity index (χ2v) is 36.5. The van der Waals surface area contributed by atoms with E-state index in [1.807, 2.05) is 0 Å². The van der Waals surface area contributed by atoms with E-state index in [1.54, 1.807) is 0 Å². The minimum absolute atomic E-state index is 0.225. The van der Waals surface area contributed by atoms with Crippen molar-refractivity contribution < 1.29 is 9.47 Å². The van der Waals surface area contributed by atoms with E-state index in [-0.39, 0.29) is 10.8 Å². The van der Waals surface area contributed by atoms with Gasteiger partial charge in [0.15, 0.2) is 11.5 Å². The number of ether oxygens (including phenoxy) is 2. The first kappa shape index (κ1) is 89.7. The number of nitrogens with zero attached hydrogens (tertiary/aromatic N) is 4. The van der Waals surface area contributed by atoms with Gasteiger partial charge in [0.1, 0.15) is 11.0 Å². The van der Waals surface area contributed by atoms with Crippen molar-refractivity contribution in [3.63, 3.8) is 0 Å². The molecule has 0 saturated carbocycles. The highest BCUT2D eigenvalue weighted by molar-refractivity contribution is 7.00. The van der Waals surface area contributed by atoms with Gasteiger partial charge < -0.3 is 19.3 Å². The Kier molecular flexibility index (Phi) is 33.9. The fraction of sp³-hybridized carbons (Fsp3) is 0.431. The monoisotopic (exact) mass is 1660 g/mol. The minimum Gasteiger partial charge on any atom is -0.489 e. The lowest BCUT2D eigenvalue weighted by molar-refractivity contribution is 0.260. The second kappa shape index (κ2) is 46.4. The Bertz CT molecular complexity index is 4740. The molecule has 1 aromatic heterocycles. The Morgan fingerprint density at radius 1 is 0.236 bits per heavy atom. The van der Waals surface area contributed by atoms with Gasteiger partial charge in [-0.1, -0.05) is 405 Å². The maximum atomic E-state index is 7.77. The first-order valence-electron chi connectivity index (χ1n) is 49.0. The lowest BCUT2D eigenvalue weighted by Gasteiger charge is -2.34. The molecule has 0 unspecified atom stereocenters. The smallest absolute Gasteiger partial charge is 0.172 e. The lowest BCUT2D eigenvalue weighted by atomic mass is 9.69. The molecule has 0 aliphatic heterocycles. The molecule has 0 spiro atoms. The lowest BCUT2D eigenvalue weighted by Crippen LogP contribution is -2.26. The molecule has 14 rings (SSSR count). The molecule has 0 bridgehead atoms. The molecule has 0 amide bonds. The van der Waals surface area contributed by atoms with Gasteiger partial charge in [-0.25, -0.2) is 0 Å². The Morgan fingerprint density at radius 2 is 0.463 bits per heavy atom. The molecule has 6 nitrogen and oxygen atoms in total. The molecule has 0 saturated heterocycles. The number of aromatic nitrogens is 2. The van der Waals surface area contributed by atoms with E-state index in [9.17, 15) is 0 Å². The summed E-state index contributed by atoms with van der Waals surface area (Å²) in [5.41, 5.74) is 29.1. The number of hydrogen-bond donors (Lipinski definition) is 0. The highest BCUT2D eigenvalue weighted by Crippen LogP contribution is 2.61. The Balaban J connectivity index is 0.924. The molecule has 123 heavy (non-hydrogen) atoms.